The highest BCUT2D eigenvalue weighted by Gasteiger charge is 2.14. The van der Waals surface area contributed by atoms with Crippen molar-refractivity contribution in [3.63, 3.8) is 0 Å². The molecule has 6 heteroatoms. The maximum Gasteiger partial charge on any atom is 0.199 e. The molecule has 0 N–H and O–H groups in total. The molecule has 0 atom stereocenters. The minimum atomic E-state index is -0.0404. The van der Waals surface area contributed by atoms with Gasteiger partial charge in [-0.15, -0.1) is 10.2 Å². The van der Waals surface area contributed by atoms with Gasteiger partial charge in [-0.2, -0.15) is 0 Å². The lowest BCUT2D eigenvalue weighted by atomic mass is 10.0. The highest BCUT2D eigenvalue weighted by Crippen LogP contribution is 2.23. The third kappa shape index (κ3) is 2.17. The molecule has 0 fully saturated rings. The first-order valence-corrected chi connectivity index (χ1v) is 7.44. The molecule has 0 saturated heterocycles. The van der Waals surface area contributed by atoms with Gasteiger partial charge in [-0.1, -0.05) is 41.9 Å². The van der Waals surface area contributed by atoms with E-state index in [0.29, 0.717) is 33.3 Å². The summed E-state index contributed by atoms with van der Waals surface area (Å²) in [6.07, 6.45) is 0. The summed E-state index contributed by atoms with van der Waals surface area (Å²) in [4.78, 5) is 17.0. The number of aromatic nitrogens is 4. The summed E-state index contributed by atoms with van der Waals surface area (Å²) < 4.78 is 1.81. The molecule has 4 aromatic rings. The van der Waals surface area contributed by atoms with Gasteiger partial charge in [-0.25, -0.2) is 4.98 Å². The summed E-state index contributed by atoms with van der Waals surface area (Å²) >= 11 is 6.15. The number of halogens is 1. The molecule has 112 valence electrons. The summed E-state index contributed by atoms with van der Waals surface area (Å²) in [7, 11) is 0. The molecular weight excluding hydrogens is 312 g/mol. The van der Waals surface area contributed by atoms with Crippen molar-refractivity contribution in [1.29, 1.82) is 0 Å². The van der Waals surface area contributed by atoms with Gasteiger partial charge in [0, 0.05) is 11.1 Å². The Bertz CT molecular complexity index is 1060. The van der Waals surface area contributed by atoms with Gasteiger partial charge in [0.1, 0.15) is 5.82 Å². The average molecular weight is 323 g/mol. The van der Waals surface area contributed by atoms with E-state index in [-0.39, 0.29) is 5.78 Å². The molecule has 2 heterocycles. The number of nitrogens with zero attached hydrogens (tertiary/aromatic N) is 4. The van der Waals surface area contributed by atoms with Crippen LogP contribution in [0, 0.1) is 6.92 Å². The fraction of sp³-hybridized carbons (Fsp3) is 0.0588. The van der Waals surface area contributed by atoms with E-state index in [0.717, 1.165) is 5.52 Å². The number of carbonyl (C=O) groups is 1. The van der Waals surface area contributed by atoms with Crippen molar-refractivity contribution >= 4 is 34.1 Å². The van der Waals surface area contributed by atoms with Crippen molar-refractivity contribution in [3.8, 4) is 0 Å². The monoisotopic (exact) mass is 322 g/mol. The predicted octanol–water partition coefficient (Wildman–Crippen LogP) is 3.47. The first kappa shape index (κ1) is 13.8. The van der Waals surface area contributed by atoms with Crippen LogP contribution in [0.15, 0.2) is 48.5 Å². The number of benzene rings is 2. The van der Waals surface area contributed by atoms with Crippen molar-refractivity contribution < 1.29 is 4.79 Å². The van der Waals surface area contributed by atoms with Gasteiger partial charge < -0.3 is 0 Å². The van der Waals surface area contributed by atoms with Crippen molar-refractivity contribution in [2.75, 3.05) is 0 Å². The highest BCUT2D eigenvalue weighted by molar-refractivity contribution is 6.32. The van der Waals surface area contributed by atoms with Gasteiger partial charge in [0.05, 0.1) is 11.0 Å². The van der Waals surface area contributed by atoms with Crippen molar-refractivity contribution in [1.82, 2.24) is 19.6 Å². The van der Waals surface area contributed by atoms with E-state index in [1.165, 1.54) is 0 Å². The molecule has 0 radical (unpaired) electrons. The summed E-state index contributed by atoms with van der Waals surface area (Å²) in [5, 5.41) is 8.37. The van der Waals surface area contributed by atoms with Crippen molar-refractivity contribution in [2.45, 2.75) is 6.92 Å². The van der Waals surface area contributed by atoms with Crippen LogP contribution in [-0.2, 0) is 0 Å². The molecule has 4 rings (SSSR count). The fourth-order valence-electron chi connectivity index (χ4n) is 2.63. The van der Waals surface area contributed by atoms with E-state index in [1.807, 2.05) is 29.5 Å². The Kier molecular flexibility index (Phi) is 3.09. The molecular formula is C17H11ClN4O. The maximum atomic E-state index is 12.6. The third-order valence-corrected chi connectivity index (χ3v) is 4.00. The van der Waals surface area contributed by atoms with E-state index < -0.39 is 0 Å². The standard InChI is InChI=1S/C17H11ClN4O/c1-10-20-21-17-16(18)19-13-8-7-12(9-14(13)22(10)17)15(23)11-5-3-2-4-6-11/h2-9H,1H3. The molecule has 0 aliphatic carbocycles. The van der Waals surface area contributed by atoms with Crippen molar-refractivity contribution in [2.24, 2.45) is 0 Å². The smallest absolute Gasteiger partial charge is 0.199 e. The van der Waals surface area contributed by atoms with Gasteiger partial charge in [0.25, 0.3) is 0 Å². The lowest BCUT2D eigenvalue weighted by Gasteiger charge is -2.06. The molecule has 0 unspecified atom stereocenters. The van der Waals surface area contributed by atoms with Gasteiger partial charge in [0.2, 0.25) is 0 Å². The largest absolute Gasteiger partial charge is 0.289 e. The van der Waals surface area contributed by atoms with Gasteiger partial charge in [-0.3, -0.25) is 9.20 Å². The van der Waals surface area contributed by atoms with Crippen LogP contribution >= 0.6 is 11.6 Å². The van der Waals surface area contributed by atoms with E-state index in [1.54, 1.807) is 30.3 Å². The lowest BCUT2D eigenvalue weighted by molar-refractivity contribution is 0.103. The normalized spacial score (nSPS) is 11.2. The zero-order valence-electron chi connectivity index (χ0n) is 12.2. The van der Waals surface area contributed by atoms with Crippen LogP contribution in [-0.4, -0.2) is 25.4 Å². The number of hydrogen-bond donors (Lipinski definition) is 0. The SMILES string of the molecule is Cc1nnc2c(Cl)nc3ccc(C(=O)c4ccccc4)cc3n12. The molecule has 0 saturated carbocycles. The Hall–Kier alpha value is -2.79. The van der Waals surface area contributed by atoms with E-state index in [4.69, 9.17) is 11.6 Å². The average Bonchev–Trinajstić information content (AvgIpc) is 2.98. The molecule has 2 aromatic heterocycles. The van der Waals surface area contributed by atoms with Crippen LogP contribution in [0.5, 0.6) is 0 Å². The van der Waals surface area contributed by atoms with E-state index in [2.05, 4.69) is 15.2 Å². The number of hydrogen-bond acceptors (Lipinski definition) is 4. The summed E-state index contributed by atoms with van der Waals surface area (Å²) in [5.74, 6) is 0.653. The minimum absolute atomic E-state index is 0.0404. The number of ketones is 1. The predicted molar refractivity (Wildman–Crippen MR) is 87.9 cm³/mol. The number of fused-ring (bicyclic) bond motifs is 3. The van der Waals surface area contributed by atoms with Gasteiger partial charge in [0.15, 0.2) is 16.6 Å². The molecule has 23 heavy (non-hydrogen) atoms. The second kappa shape index (κ2) is 5.14. The highest BCUT2D eigenvalue weighted by atomic mass is 35.5. The number of rotatable bonds is 2. The molecule has 0 bridgehead atoms. The summed E-state index contributed by atoms with van der Waals surface area (Å²) in [6, 6.07) is 14.5. The van der Waals surface area contributed by atoms with Crippen LogP contribution in [0.3, 0.4) is 0 Å². The first-order chi connectivity index (χ1) is 11.1. The lowest BCUT2D eigenvalue weighted by Crippen LogP contribution is -2.03. The van der Waals surface area contributed by atoms with E-state index in [9.17, 15) is 4.79 Å². The molecule has 5 nitrogen and oxygen atoms in total. The number of aryl methyl sites for hydroxylation is 1. The maximum absolute atomic E-state index is 12.6. The van der Waals surface area contributed by atoms with Crippen LogP contribution in [0.25, 0.3) is 16.7 Å². The molecule has 2 aromatic carbocycles. The van der Waals surface area contributed by atoms with Crippen molar-refractivity contribution in [3.05, 3.63) is 70.6 Å². The van der Waals surface area contributed by atoms with Gasteiger partial charge in [-0.05, 0) is 25.1 Å². The first-order valence-electron chi connectivity index (χ1n) is 7.06. The van der Waals surface area contributed by atoms with E-state index >= 15 is 0 Å². The number of carbonyl (C=O) groups excluding carboxylic acids is 1. The Morgan fingerprint density at radius 1 is 1.04 bits per heavy atom. The Morgan fingerprint density at radius 2 is 1.83 bits per heavy atom. The fourth-order valence-corrected chi connectivity index (χ4v) is 2.85. The minimum Gasteiger partial charge on any atom is -0.289 e. The Balaban J connectivity index is 1.97. The second-order valence-corrected chi connectivity index (χ2v) is 5.57. The molecule has 0 aliphatic rings. The topological polar surface area (TPSA) is 60.2 Å². The van der Waals surface area contributed by atoms with Crippen LogP contribution in [0.1, 0.15) is 21.7 Å². The van der Waals surface area contributed by atoms with Crippen LogP contribution < -0.4 is 0 Å². The second-order valence-electron chi connectivity index (χ2n) is 5.21. The van der Waals surface area contributed by atoms with Gasteiger partial charge >= 0.3 is 0 Å². The van der Waals surface area contributed by atoms with Crippen LogP contribution in [0.2, 0.25) is 5.15 Å². The molecule has 0 aliphatic heterocycles. The quantitative estimate of drug-likeness (QED) is 0.530. The Morgan fingerprint density at radius 3 is 2.61 bits per heavy atom. The zero-order valence-corrected chi connectivity index (χ0v) is 12.9. The Labute approximate surface area is 136 Å². The summed E-state index contributed by atoms with van der Waals surface area (Å²) in [5.41, 5.74) is 3.16. The zero-order chi connectivity index (χ0) is 16.0. The van der Waals surface area contributed by atoms with Crippen LogP contribution in [0.4, 0.5) is 0 Å². The molecule has 0 amide bonds. The summed E-state index contributed by atoms with van der Waals surface area (Å²) in [6.45, 7) is 1.83. The molecule has 0 spiro atoms. The third-order valence-electron chi connectivity index (χ3n) is 3.74.